The van der Waals surface area contributed by atoms with Gasteiger partial charge in [0.25, 0.3) is 0 Å². The van der Waals surface area contributed by atoms with Crippen LogP contribution in [0.5, 0.6) is 11.6 Å². The van der Waals surface area contributed by atoms with Crippen LogP contribution in [0.15, 0.2) is 67.0 Å². The number of pyridine rings is 1. The summed E-state index contributed by atoms with van der Waals surface area (Å²) < 4.78 is 20.5. The number of aromatic carboxylic acids is 1. The predicted molar refractivity (Wildman–Crippen MR) is 103 cm³/mol. The molecule has 29 heavy (non-hydrogen) atoms. The van der Waals surface area contributed by atoms with Crippen molar-refractivity contribution in [1.82, 2.24) is 20.0 Å². The third-order valence-corrected chi connectivity index (χ3v) is 4.24. The number of ether oxygens (including phenoxy) is 1. The van der Waals surface area contributed by atoms with E-state index < -0.39 is 5.97 Å². The van der Waals surface area contributed by atoms with Crippen molar-refractivity contribution in [2.24, 2.45) is 0 Å². The van der Waals surface area contributed by atoms with E-state index in [1.807, 2.05) is 6.92 Å². The molecule has 0 aliphatic heterocycles. The Hall–Kier alpha value is -4.07. The van der Waals surface area contributed by atoms with Crippen LogP contribution in [0.1, 0.15) is 15.9 Å². The molecule has 0 spiro atoms. The maximum atomic E-state index is 13.3. The van der Waals surface area contributed by atoms with E-state index in [0.717, 1.165) is 11.1 Å². The first-order valence-corrected chi connectivity index (χ1v) is 8.66. The molecule has 4 rings (SSSR count). The quantitative estimate of drug-likeness (QED) is 0.547. The second-order valence-corrected chi connectivity index (χ2v) is 6.30. The molecular weight excluding hydrogens is 375 g/mol. The lowest BCUT2D eigenvalue weighted by molar-refractivity contribution is 0.0697. The van der Waals surface area contributed by atoms with E-state index in [2.05, 4.69) is 15.3 Å². The molecule has 0 atom stereocenters. The minimum Gasteiger partial charge on any atom is -0.478 e. The molecule has 0 unspecified atom stereocenters. The third-order valence-electron chi connectivity index (χ3n) is 4.24. The highest BCUT2D eigenvalue weighted by molar-refractivity contribution is 5.88. The van der Waals surface area contributed by atoms with Gasteiger partial charge in [-0.1, -0.05) is 23.4 Å². The van der Waals surface area contributed by atoms with Gasteiger partial charge < -0.3 is 9.84 Å². The van der Waals surface area contributed by atoms with Gasteiger partial charge in [-0.15, -0.1) is 5.10 Å². The maximum Gasteiger partial charge on any atom is 0.335 e. The molecule has 0 radical (unpaired) electrons. The minimum absolute atomic E-state index is 0.204. The molecule has 0 aliphatic carbocycles. The van der Waals surface area contributed by atoms with Crippen molar-refractivity contribution < 1.29 is 19.0 Å². The van der Waals surface area contributed by atoms with Crippen LogP contribution in [-0.4, -0.2) is 31.1 Å². The average Bonchev–Trinajstić information content (AvgIpc) is 3.18. The molecule has 4 aromatic rings. The normalized spacial score (nSPS) is 10.7. The van der Waals surface area contributed by atoms with Crippen LogP contribution in [0.4, 0.5) is 4.39 Å². The summed E-state index contributed by atoms with van der Waals surface area (Å²) in [6.07, 6.45) is 3.32. The highest BCUT2D eigenvalue weighted by Crippen LogP contribution is 2.24. The van der Waals surface area contributed by atoms with Crippen LogP contribution >= 0.6 is 0 Å². The Morgan fingerprint density at radius 3 is 2.62 bits per heavy atom. The van der Waals surface area contributed by atoms with Crippen molar-refractivity contribution in [3.63, 3.8) is 0 Å². The Labute approximate surface area is 165 Å². The first kappa shape index (κ1) is 18.3. The van der Waals surface area contributed by atoms with Crippen molar-refractivity contribution in [3.8, 4) is 28.6 Å². The first-order valence-electron chi connectivity index (χ1n) is 8.66. The number of nitrogens with zero attached hydrogens (tertiary/aromatic N) is 4. The molecule has 0 saturated heterocycles. The van der Waals surface area contributed by atoms with Gasteiger partial charge in [0.1, 0.15) is 17.3 Å². The largest absolute Gasteiger partial charge is 0.478 e. The number of aromatic nitrogens is 4. The zero-order valence-electron chi connectivity index (χ0n) is 15.3. The van der Waals surface area contributed by atoms with Gasteiger partial charge in [0.15, 0.2) is 0 Å². The fourth-order valence-electron chi connectivity index (χ4n) is 2.77. The molecule has 0 fully saturated rings. The van der Waals surface area contributed by atoms with Crippen LogP contribution in [0.25, 0.3) is 16.9 Å². The molecule has 2 heterocycles. The summed E-state index contributed by atoms with van der Waals surface area (Å²) in [6, 6.07) is 13.9. The standard InChI is InChI=1S/C21H15FN4O3/c1-13-9-20(29-17-4-2-3-16(22)10-17)23-11-19(13)26-12-18(24-25-26)14-5-7-15(8-6-14)21(27)28/h2-12H,1H3,(H,27,28). The van der Waals surface area contributed by atoms with Gasteiger partial charge in [0.05, 0.1) is 23.6 Å². The number of benzene rings is 2. The first-order chi connectivity index (χ1) is 14.0. The van der Waals surface area contributed by atoms with Crippen molar-refractivity contribution in [2.75, 3.05) is 0 Å². The van der Waals surface area contributed by atoms with Gasteiger partial charge in [-0.3, -0.25) is 0 Å². The summed E-state index contributed by atoms with van der Waals surface area (Å²) >= 11 is 0. The minimum atomic E-state index is -0.984. The number of hydrogen-bond donors (Lipinski definition) is 1. The Kier molecular flexibility index (Phi) is 4.74. The molecule has 2 aromatic carbocycles. The van der Waals surface area contributed by atoms with Gasteiger partial charge in [0, 0.05) is 17.7 Å². The van der Waals surface area contributed by atoms with Gasteiger partial charge in [0.2, 0.25) is 5.88 Å². The molecule has 0 bridgehead atoms. The lowest BCUT2D eigenvalue weighted by atomic mass is 10.1. The average molecular weight is 390 g/mol. The topological polar surface area (TPSA) is 90.1 Å². The molecule has 0 saturated carbocycles. The second kappa shape index (κ2) is 7.51. The van der Waals surface area contributed by atoms with Crippen molar-refractivity contribution in [3.05, 3.63) is 83.9 Å². The van der Waals surface area contributed by atoms with E-state index in [4.69, 9.17) is 9.84 Å². The zero-order chi connectivity index (χ0) is 20.4. The summed E-state index contributed by atoms with van der Waals surface area (Å²) in [6.45, 7) is 1.87. The highest BCUT2D eigenvalue weighted by atomic mass is 19.1. The lowest BCUT2D eigenvalue weighted by Crippen LogP contribution is -2.00. The SMILES string of the molecule is Cc1cc(Oc2cccc(F)c2)ncc1-n1cc(-c2ccc(C(=O)O)cc2)nn1. The fourth-order valence-corrected chi connectivity index (χ4v) is 2.77. The summed E-state index contributed by atoms with van der Waals surface area (Å²) in [5, 5.41) is 17.3. The molecule has 1 N–H and O–H groups in total. The molecular formula is C21H15FN4O3. The van der Waals surface area contributed by atoms with E-state index in [1.54, 1.807) is 47.4 Å². The van der Waals surface area contributed by atoms with Gasteiger partial charge in [-0.05, 0) is 36.8 Å². The molecule has 8 heteroatoms. The molecule has 0 amide bonds. The number of carboxylic acid groups (broad SMARTS) is 1. The van der Waals surface area contributed by atoms with Gasteiger partial charge in [-0.2, -0.15) is 0 Å². The number of rotatable bonds is 5. The molecule has 144 valence electrons. The van der Waals surface area contributed by atoms with E-state index >= 15 is 0 Å². The van der Waals surface area contributed by atoms with Crippen molar-refractivity contribution in [1.29, 1.82) is 0 Å². The van der Waals surface area contributed by atoms with Crippen LogP contribution < -0.4 is 4.74 Å². The maximum absolute atomic E-state index is 13.3. The van der Waals surface area contributed by atoms with Crippen molar-refractivity contribution in [2.45, 2.75) is 6.92 Å². The Bertz CT molecular complexity index is 1190. The number of hydrogen-bond acceptors (Lipinski definition) is 5. The summed E-state index contributed by atoms with van der Waals surface area (Å²) in [5.74, 6) is -0.677. The molecule has 0 aliphatic rings. The van der Waals surface area contributed by atoms with Crippen LogP contribution in [0, 0.1) is 12.7 Å². The summed E-state index contributed by atoms with van der Waals surface area (Å²) in [5.41, 5.74) is 3.09. The molecule has 2 aromatic heterocycles. The van der Waals surface area contributed by atoms with Crippen LogP contribution in [-0.2, 0) is 0 Å². The smallest absolute Gasteiger partial charge is 0.335 e. The third kappa shape index (κ3) is 3.96. The monoisotopic (exact) mass is 390 g/mol. The number of carbonyl (C=O) groups is 1. The van der Waals surface area contributed by atoms with E-state index in [9.17, 15) is 9.18 Å². The van der Waals surface area contributed by atoms with Gasteiger partial charge in [-0.25, -0.2) is 18.9 Å². The molecule has 7 nitrogen and oxygen atoms in total. The van der Waals surface area contributed by atoms with E-state index in [-0.39, 0.29) is 11.4 Å². The van der Waals surface area contributed by atoms with E-state index in [1.165, 1.54) is 24.3 Å². The van der Waals surface area contributed by atoms with Crippen molar-refractivity contribution >= 4 is 5.97 Å². The fraction of sp³-hybridized carbons (Fsp3) is 0.0476. The Morgan fingerprint density at radius 2 is 1.93 bits per heavy atom. The second-order valence-electron chi connectivity index (χ2n) is 6.30. The van der Waals surface area contributed by atoms with Gasteiger partial charge >= 0.3 is 5.97 Å². The lowest BCUT2D eigenvalue weighted by Gasteiger charge is -2.08. The van der Waals surface area contributed by atoms with Crippen LogP contribution in [0.2, 0.25) is 0 Å². The number of aryl methyl sites for hydroxylation is 1. The Morgan fingerprint density at radius 1 is 1.14 bits per heavy atom. The Balaban J connectivity index is 1.57. The van der Waals surface area contributed by atoms with E-state index in [0.29, 0.717) is 23.0 Å². The summed E-state index contributed by atoms with van der Waals surface area (Å²) in [7, 11) is 0. The summed E-state index contributed by atoms with van der Waals surface area (Å²) in [4.78, 5) is 15.2. The van der Waals surface area contributed by atoms with Crippen LogP contribution in [0.3, 0.4) is 0 Å². The number of halogens is 1. The number of carboxylic acids is 1. The zero-order valence-corrected chi connectivity index (χ0v) is 15.3. The highest BCUT2D eigenvalue weighted by Gasteiger charge is 2.11. The predicted octanol–water partition coefficient (Wildman–Crippen LogP) is 4.27.